The minimum absolute atomic E-state index is 0.0572. The normalized spacial score (nSPS) is 11.4. The summed E-state index contributed by atoms with van der Waals surface area (Å²) in [4.78, 5) is 16.3. The van der Waals surface area contributed by atoms with E-state index in [1.807, 2.05) is 0 Å². The number of nitrogens with one attached hydrogen (secondary N) is 1. The summed E-state index contributed by atoms with van der Waals surface area (Å²) in [5.74, 6) is -0.0572. The molecule has 0 saturated carbocycles. The van der Waals surface area contributed by atoms with Crippen molar-refractivity contribution in [1.29, 1.82) is 0 Å². The molecule has 1 aromatic heterocycles. The fourth-order valence-electron chi connectivity index (χ4n) is 1.01. The van der Waals surface area contributed by atoms with Gasteiger partial charge in [0.15, 0.2) is 0 Å². The first kappa shape index (κ1) is 13.1. The minimum Gasteiger partial charge on any atom is -0.344 e. The SMILES string of the molecule is CCC(CBr)(CBr)NC(=O)c1cncs1. The fraction of sp³-hybridized carbons (Fsp3) is 0.556. The van der Waals surface area contributed by atoms with Crippen LogP contribution in [0.15, 0.2) is 11.7 Å². The molecule has 0 radical (unpaired) electrons. The number of hydrogen-bond donors (Lipinski definition) is 1. The van der Waals surface area contributed by atoms with E-state index in [0.717, 1.165) is 17.1 Å². The topological polar surface area (TPSA) is 42.0 Å². The van der Waals surface area contributed by atoms with Gasteiger partial charge in [0.1, 0.15) is 4.88 Å². The highest BCUT2D eigenvalue weighted by Crippen LogP contribution is 2.18. The Morgan fingerprint density at radius 2 is 2.27 bits per heavy atom. The Hall–Kier alpha value is 0.0600. The molecule has 0 unspecified atom stereocenters. The lowest BCUT2D eigenvalue weighted by atomic mass is 10.0. The molecule has 1 heterocycles. The van der Waals surface area contributed by atoms with Crippen LogP contribution in [0.5, 0.6) is 0 Å². The van der Waals surface area contributed by atoms with E-state index in [0.29, 0.717) is 4.88 Å². The second-order valence-electron chi connectivity index (χ2n) is 3.22. The highest BCUT2D eigenvalue weighted by Gasteiger charge is 2.28. The average molecular weight is 356 g/mol. The first-order valence-corrected chi connectivity index (χ1v) is 7.62. The van der Waals surface area contributed by atoms with E-state index in [9.17, 15) is 4.79 Å². The van der Waals surface area contributed by atoms with E-state index >= 15 is 0 Å². The van der Waals surface area contributed by atoms with Gasteiger partial charge in [0.05, 0.1) is 17.2 Å². The van der Waals surface area contributed by atoms with Gasteiger partial charge < -0.3 is 5.32 Å². The van der Waals surface area contributed by atoms with Crippen molar-refractivity contribution in [2.45, 2.75) is 18.9 Å². The Morgan fingerprint density at radius 1 is 1.60 bits per heavy atom. The van der Waals surface area contributed by atoms with Gasteiger partial charge in [-0.05, 0) is 6.42 Å². The van der Waals surface area contributed by atoms with Crippen molar-refractivity contribution in [1.82, 2.24) is 10.3 Å². The van der Waals surface area contributed by atoms with Crippen LogP contribution in [0.4, 0.5) is 0 Å². The van der Waals surface area contributed by atoms with E-state index in [2.05, 4.69) is 49.1 Å². The number of hydrogen-bond acceptors (Lipinski definition) is 3. The molecule has 0 atom stereocenters. The number of carbonyl (C=O) groups is 1. The second-order valence-corrected chi connectivity index (χ2v) is 5.23. The van der Waals surface area contributed by atoms with Gasteiger partial charge in [0.2, 0.25) is 0 Å². The Morgan fingerprint density at radius 3 is 2.67 bits per heavy atom. The molecule has 0 aliphatic heterocycles. The summed E-state index contributed by atoms with van der Waals surface area (Å²) >= 11 is 8.21. The van der Waals surface area contributed by atoms with Crippen LogP contribution in [-0.4, -0.2) is 27.1 Å². The standard InChI is InChI=1S/C9H12Br2N2OS/c1-2-9(4-10,5-11)13-8(14)7-3-12-6-15-7/h3,6H,2,4-5H2,1H3,(H,13,14). The highest BCUT2D eigenvalue weighted by atomic mass is 79.9. The van der Waals surface area contributed by atoms with Crippen molar-refractivity contribution < 1.29 is 4.79 Å². The molecule has 0 fully saturated rings. The predicted octanol–water partition coefficient (Wildman–Crippen LogP) is 2.81. The number of nitrogens with zero attached hydrogens (tertiary/aromatic N) is 1. The van der Waals surface area contributed by atoms with E-state index in [1.54, 1.807) is 11.7 Å². The predicted molar refractivity (Wildman–Crippen MR) is 70.2 cm³/mol. The zero-order valence-corrected chi connectivity index (χ0v) is 12.3. The van der Waals surface area contributed by atoms with Crippen molar-refractivity contribution in [3.8, 4) is 0 Å². The monoisotopic (exact) mass is 354 g/mol. The maximum Gasteiger partial charge on any atom is 0.263 e. The molecule has 0 spiro atoms. The zero-order valence-electron chi connectivity index (χ0n) is 8.30. The summed E-state index contributed by atoms with van der Waals surface area (Å²) in [6.07, 6.45) is 2.46. The lowest BCUT2D eigenvalue weighted by Gasteiger charge is -2.29. The Kier molecular flexibility index (Phi) is 5.22. The van der Waals surface area contributed by atoms with Crippen LogP contribution in [-0.2, 0) is 0 Å². The number of alkyl halides is 2. The fourth-order valence-corrected chi connectivity index (χ4v) is 3.53. The summed E-state index contributed by atoms with van der Waals surface area (Å²) < 4.78 is 0. The minimum atomic E-state index is -0.221. The molecule has 0 aliphatic carbocycles. The van der Waals surface area contributed by atoms with Gasteiger partial charge in [-0.2, -0.15) is 0 Å². The Labute approximate surface area is 110 Å². The van der Waals surface area contributed by atoms with Crippen LogP contribution >= 0.6 is 43.2 Å². The van der Waals surface area contributed by atoms with Gasteiger partial charge >= 0.3 is 0 Å². The smallest absolute Gasteiger partial charge is 0.263 e. The van der Waals surface area contributed by atoms with Crippen LogP contribution in [0.25, 0.3) is 0 Å². The maximum absolute atomic E-state index is 11.8. The Balaban J connectivity index is 2.71. The van der Waals surface area contributed by atoms with Gasteiger partial charge in [0.25, 0.3) is 5.91 Å². The van der Waals surface area contributed by atoms with Crippen LogP contribution in [0, 0.1) is 0 Å². The van der Waals surface area contributed by atoms with Crippen molar-refractivity contribution in [3.05, 3.63) is 16.6 Å². The highest BCUT2D eigenvalue weighted by molar-refractivity contribution is 9.09. The van der Waals surface area contributed by atoms with Crippen LogP contribution in [0.3, 0.4) is 0 Å². The molecule has 0 bridgehead atoms. The van der Waals surface area contributed by atoms with E-state index in [-0.39, 0.29) is 11.4 Å². The largest absolute Gasteiger partial charge is 0.344 e. The first-order chi connectivity index (χ1) is 7.17. The van der Waals surface area contributed by atoms with Gasteiger partial charge in [-0.3, -0.25) is 9.78 Å². The van der Waals surface area contributed by atoms with E-state index in [4.69, 9.17) is 0 Å². The average Bonchev–Trinajstić information content (AvgIpc) is 2.79. The van der Waals surface area contributed by atoms with Crippen molar-refractivity contribution in [2.75, 3.05) is 10.7 Å². The van der Waals surface area contributed by atoms with Gasteiger partial charge in [-0.1, -0.05) is 38.8 Å². The number of rotatable bonds is 5. The molecule has 0 aliphatic rings. The summed E-state index contributed by atoms with van der Waals surface area (Å²) in [7, 11) is 0. The molecule has 1 aromatic rings. The molecule has 0 aromatic carbocycles. The van der Waals surface area contributed by atoms with Crippen LogP contribution in [0.1, 0.15) is 23.0 Å². The first-order valence-electron chi connectivity index (χ1n) is 4.50. The van der Waals surface area contributed by atoms with E-state index < -0.39 is 0 Å². The summed E-state index contributed by atoms with van der Waals surface area (Å²) in [6, 6.07) is 0. The third kappa shape index (κ3) is 3.26. The van der Waals surface area contributed by atoms with Crippen LogP contribution in [0.2, 0.25) is 0 Å². The van der Waals surface area contributed by atoms with Crippen molar-refractivity contribution in [2.24, 2.45) is 0 Å². The molecule has 15 heavy (non-hydrogen) atoms. The van der Waals surface area contributed by atoms with Gasteiger partial charge in [-0.25, -0.2) is 0 Å². The van der Waals surface area contributed by atoms with Crippen molar-refractivity contribution >= 4 is 49.1 Å². The van der Waals surface area contributed by atoms with E-state index in [1.165, 1.54) is 11.3 Å². The lowest BCUT2D eigenvalue weighted by molar-refractivity contribution is 0.0919. The molecular formula is C9H12Br2N2OS. The maximum atomic E-state index is 11.8. The quantitative estimate of drug-likeness (QED) is 0.825. The summed E-state index contributed by atoms with van der Waals surface area (Å²) in [6.45, 7) is 2.05. The molecule has 1 amide bonds. The number of aromatic nitrogens is 1. The molecule has 6 heteroatoms. The lowest BCUT2D eigenvalue weighted by Crippen LogP contribution is -2.50. The number of amides is 1. The molecular weight excluding hydrogens is 344 g/mol. The molecule has 0 saturated heterocycles. The van der Waals surface area contributed by atoms with Gasteiger partial charge in [0, 0.05) is 10.7 Å². The number of thiazole rings is 1. The molecule has 3 nitrogen and oxygen atoms in total. The summed E-state index contributed by atoms with van der Waals surface area (Å²) in [5.41, 5.74) is 1.44. The van der Waals surface area contributed by atoms with Gasteiger partial charge in [-0.15, -0.1) is 11.3 Å². The van der Waals surface area contributed by atoms with Crippen LogP contribution < -0.4 is 5.32 Å². The Bertz CT molecular complexity index is 304. The third-order valence-corrected chi connectivity index (χ3v) is 5.14. The number of halogens is 2. The second kappa shape index (κ2) is 5.96. The molecule has 84 valence electrons. The molecule has 1 N–H and O–H groups in total. The number of carbonyl (C=O) groups excluding carboxylic acids is 1. The molecule has 1 rings (SSSR count). The summed E-state index contributed by atoms with van der Waals surface area (Å²) in [5, 5.41) is 4.48. The third-order valence-electron chi connectivity index (χ3n) is 2.22. The zero-order chi connectivity index (χ0) is 11.3. The van der Waals surface area contributed by atoms with Crippen molar-refractivity contribution in [3.63, 3.8) is 0 Å².